The van der Waals surface area contributed by atoms with Gasteiger partial charge in [0.25, 0.3) is 5.91 Å². The summed E-state index contributed by atoms with van der Waals surface area (Å²) in [6.07, 6.45) is 6.69. The molecule has 2 bridgehead atoms. The highest BCUT2D eigenvalue weighted by Gasteiger charge is 2.52. The van der Waals surface area contributed by atoms with Crippen molar-refractivity contribution in [2.75, 3.05) is 57.4 Å². The van der Waals surface area contributed by atoms with Gasteiger partial charge in [0.05, 0.1) is 11.5 Å². The molecule has 4 heterocycles. The van der Waals surface area contributed by atoms with E-state index in [2.05, 4.69) is 16.2 Å². The van der Waals surface area contributed by atoms with Crippen LogP contribution in [0.5, 0.6) is 0 Å². The van der Waals surface area contributed by atoms with Crippen molar-refractivity contribution >= 4 is 21.7 Å². The Balaban J connectivity index is 1.22. The smallest absolute Gasteiger partial charge is 0.251 e. The quantitative estimate of drug-likeness (QED) is 0.520. The highest BCUT2D eigenvalue weighted by molar-refractivity contribution is 7.91. The van der Waals surface area contributed by atoms with Gasteiger partial charge in [0.1, 0.15) is 11.6 Å². The van der Waals surface area contributed by atoms with Crippen LogP contribution in [0.4, 0.5) is 0 Å². The Labute approximate surface area is 185 Å². The van der Waals surface area contributed by atoms with Crippen molar-refractivity contribution < 1.29 is 22.7 Å². The van der Waals surface area contributed by atoms with Gasteiger partial charge in [-0.25, -0.2) is 8.42 Å². The first kappa shape index (κ1) is 22.9. The third kappa shape index (κ3) is 4.91. The first-order chi connectivity index (χ1) is 14.8. The molecule has 0 aromatic rings. The lowest BCUT2D eigenvalue weighted by atomic mass is 9.87. The zero-order chi connectivity index (χ0) is 22.1. The van der Waals surface area contributed by atoms with Crippen molar-refractivity contribution in [2.24, 2.45) is 5.73 Å². The second kappa shape index (κ2) is 9.33. The maximum absolute atomic E-state index is 12.7. The number of carbonyl (C=O) groups is 2. The molecule has 31 heavy (non-hydrogen) atoms. The molecule has 175 valence electrons. The fourth-order valence-electron chi connectivity index (χ4n) is 5.57. The van der Waals surface area contributed by atoms with E-state index < -0.39 is 15.4 Å². The van der Waals surface area contributed by atoms with Gasteiger partial charge in [0.15, 0.2) is 9.84 Å². The van der Waals surface area contributed by atoms with Crippen LogP contribution < -0.4 is 5.73 Å². The summed E-state index contributed by atoms with van der Waals surface area (Å²) in [6.45, 7) is 4.10. The van der Waals surface area contributed by atoms with Crippen LogP contribution in [-0.4, -0.2) is 110 Å². The van der Waals surface area contributed by atoms with E-state index in [1.54, 1.807) is 0 Å². The molecule has 1 unspecified atom stereocenters. The van der Waals surface area contributed by atoms with E-state index in [-0.39, 0.29) is 35.5 Å². The van der Waals surface area contributed by atoms with Crippen molar-refractivity contribution in [1.29, 1.82) is 0 Å². The lowest BCUT2D eigenvalue weighted by molar-refractivity contribution is -0.142. The fraction of sp³-hybridized carbons (Fsp3) is 0.857. The number of piperazine rings is 1. The molecule has 4 aliphatic rings. The maximum Gasteiger partial charge on any atom is 0.251 e. The average Bonchev–Trinajstić information content (AvgIpc) is 3.36. The van der Waals surface area contributed by atoms with E-state index in [9.17, 15) is 18.0 Å². The minimum Gasteiger partial charge on any atom is -0.368 e. The molecule has 0 aromatic heterocycles. The van der Waals surface area contributed by atoms with Crippen LogP contribution in [0.2, 0.25) is 0 Å². The first-order valence-electron chi connectivity index (χ1n) is 11.5. The second-order valence-corrected chi connectivity index (χ2v) is 11.6. The van der Waals surface area contributed by atoms with Gasteiger partial charge in [-0.2, -0.15) is 0 Å². The van der Waals surface area contributed by atoms with E-state index >= 15 is 0 Å². The van der Waals surface area contributed by atoms with Gasteiger partial charge >= 0.3 is 0 Å². The number of ether oxygens (including phenoxy) is 1. The lowest BCUT2D eigenvalue weighted by Crippen LogP contribution is -2.59. The van der Waals surface area contributed by atoms with Crippen LogP contribution in [0.1, 0.15) is 38.5 Å². The molecule has 2 N–H and O–H groups in total. The van der Waals surface area contributed by atoms with Crippen LogP contribution in [0, 0.1) is 6.42 Å². The number of rotatable bonds is 8. The molecule has 1 radical (unpaired) electrons. The molecule has 0 aliphatic carbocycles. The Hall–Kier alpha value is -1.23. The monoisotopic (exact) mass is 455 g/mol. The third-order valence-corrected chi connectivity index (χ3v) is 9.12. The third-order valence-electron chi connectivity index (χ3n) is 7.51. The van der Waals surface area contributed by atoms with Gasteiger partial charge in [-0.1, -0.05) is 0 Å². The highest BCUT2D eigenvalue weighted by Crippen LogP contribution is 2.43. The van der Waals surface area contributed by atoms with Gasteiger partial charge in [-0.05, 0) is 44.9 Å². The molecular weight excluding hydrogens is 420 g/mol. The zero-order valence-corrected chi connectivity index (χ0v) is 19.0. The lowest BCUT2D eigenvalue weighted by Gasteiger charge is -2.42. The number of fused-ring (bicyclic) bond motifs is 2. The summed E-state index contributed by atoms with van der Waals surface area (Å²) in [5.74, 6) is -0.114. The standard InChI is InChI=1S/C21H35N4O5S/c22-20(27)21-6-1-3-17(5-7-21)25(21)13-16-31(28,29)15-12-23-8-10-24(11-9-23)19(26)18-4-2-14-30-18/h1,17-18H,2-16H2,(H2,22,27)/t17-,18?,21+/m1/s1. The molecule has 4 saturated heterocycles. The Morgan fingerprint density at radius 1 is 1.10 bits per heavy atom. The largest absolute Gasteiger partial charge is 0.368 e. The topological polar surface area (TPSA) is 113 Å². The summed E-state index contributed by atoms with van der Waals surface area (Å²) in [5.41, 5.74) is 5.01. The summed E-state index contributed by atoms with van der Waals surface area (Å²) < 4.78 is 30.9. The molecule has 9 nitrogen and oxygen atoms in total. The van der Waals surface area contributed by atoms with E-state index in [0.29, 0.717) is 52.3 Å². The summed E-state index contributed by atoms with van der Waals surface area (Å²) >= 11 is 0. The predicted octanol–water partition coefficient (Wildman–Crippen LogP) is -0.589. The van der Waals surface area contributed by atoms with Crippen molar-refractivity contribution in [3.8, 4) is 0 Å². The highest BCUT2D eigenvalue weighted by atomic mass is 32.2. The molecular formula is C21H35N4O5S. The number of carbonyl (C=O) groups excluding carboxylic acids is 2. The molecule has 3 atom stereocenters. The van der Waals surface area contributed by atoms with Gasteiger partial charge < -0.3 is 15.4 Å². The average molecular weight is 456 g/mol. The SMILES string of the molecule is NC(=O)[C@]12C[CH]C[C@H](CC1)N2CCS(=O)(=O)CCN1CCN(C(=O)C2CCCO2)CC1. The minimum absolute atomic E-state index is 0.0516. The fourth-order valence-corrected chi connectivity index (χ4v) is 6.79. The van der Waals surface area contributed by atoms with Crippen LogP contribution in [-0.2, 0) is 24.2 Å². The van der Waals surface area contributed by atoms with Gasteiger partial charge in [-0.3, -0.25) is 19.4 Å². The molecule has 0 saturated carbocycles. The molecule has 10 heteroatoms. The zero-order valence-electron chi connectivity index (χ0n) is 18.2. The van der Waals surface area contributed by atoms with Crippen LogP contribution in [0.25, 0.3) is 0 Å². The number of hydrogen-bond acceptors (Lipinski definition) is 7. The second-order valence-electron chi connectivity index (χ2n) is 9.33. The van der Waals surface area contributed by atoms with E-state index in [1.807, 2.05) is 4.90 Å². The van der Waals surface area contributed by atoms with Crippen molar-refractivity contribution in [2.45, 2.75) is 56.2 Å². The molecule has 4 rings (SSSR count). The van der Waals surface area contributed by atoms with Crippen LogP contribution in [0.15, 0.2) is 0 Å². The number of sulfone groups is 1. The number of amides is 2. The van der Waals surface area contributed by atoms with Crippen molar-refractivity contribution in [3.05, 3.63) is 6.42 Å². The van der Waals surface area contributed by atoms with Gasteiger partial charge in [0.2, 0.25) is 5.91 Å². The van der Waals surface area contributed by atoms with E-state index in [1.165, 1.54) is 0 Å². The van der Waals surface area contributed by atoms with E-state index in [4.69, 9.17) is 10.5 Å². The Bertz CT molecular complexity index is 773. The molecule has 4 aliphatic heterocycles. The normalized spacial score (nSPS) is 32.5. The minimum atomic E-state index is -3.24. The maximum atomic E-state index is 12.7. The first-order valence-corrected chi connectivity index (χ1v) is 13.3. The predicted molar refractivity (Wildman–Crippen MR) is 116 cm³/mol. The van der Waals surface area contributed by atoms with Gasteiger partial charge in [-0.15, -0.1) is 0 Å². The Morgan fingerprint density at radius 3 is 2.52 bits per heavy atom. The summed E-state index contributed by atoms with van der Waals surface area (Å²) in [7, 11) is -3.24. The summed E-state index contributed by atoms with van der Waals surface area (Å²) in [5, 5.41) is 0. The van der Waals surface area contributed by atoms with Crippen molar-refractivity contribution in [1.82, 2.24) is 14.7 Å². The molecule has 4 fully saturated rings. The summed E-state index contributed by atoms with van der Waals surface area (Å²) in [6, 6.07) is 0.228. The van der Waals surface area contributed by atoms with Crippen molar-refractivity contribution in [3.63, 3.8) is 0 Å². The number of piperidine rings is 1. The molecule has 2 amide bonds. The Morgan fingerprint density at radius 2 is 1.84 bits per heavy atom. The van der Waals surface area contributed by atoms with Gasteiger partial charge in [0, 0.05) is 51.9 Å². The van der Waals surface area contributed by atoms with E-state index in [0.717, 1.165) is 32.1 Å². The number of nitrogens with two attached hydrogens (primary N) is 1. The number of primary amides is 1. The Kier molecular flexibility index (Phi) is 6.90. The number of hydrogen-bond donors (Lipinski definition) is 1. The number of nitrogens with zero attached hydrogens (tertiary/aromatic N) is 3. The molecule has 0 aromatic carbocycles. The summed E-state index contributed by atoms with van der Waals surface area (Å²) in [4.78, 5) is 30.6. The van der Waals surface area contributed by atoms with Crippen LogP contribution >= 0.6 is 0 Å². The van der Waals surface area contributed by atoms with Crippen LogP contribution in [0.3, 0.4) is 0 Å². The molecule has 0 spiro atoms.